The molecule has 16 heavy (non-hydrogen) atoms. The van der Waals surface area contributed by atoms with Crippen LogP contribution in [-0.2, 0) is 0 Å². The second-order valence-corrected chi connectivity index (χ2v) is 5.10. The summed E-state index contributed by atoms with van der Waals surface area (Å²) in [6, 6.07) is 0.838. The van der Waals surface area contributed by atoms with E-state index in [2.05, 4.69) is 55.1 Å². The van der Waals surface area contributed by atoms with Crippen molar-refractivity contribution in [1.82, 2.24) is 15.2 Å². The molecule has 2 atom stereocenters. The first kappa shape index (κ1) is 13.3. The van der Waals surface area contributed by atoms with Gasteiger partial charge in [-0.15, -0.1) is 0 Å². The molecule has 0 aromatic rings. The Kier molecular flexibility index (Phi) is 4.56. The highest BCUT2D eigenvalue weighted by Crippen LogP contribution is 2.19. The van der Waals surface area contributed by atoms with E-state index in [-0.39, 0.29) is 6.04 Å². The van der Waals surface area contributed by atoms with E-state index in [4.69, 9.17) is 5.84 Å². The van der Waals surface area contributed by atoms with E-state index in [1.54, 1.807) is 0 Å². The number of hydrogen-bond acceptors (Lipinski definition) is 3. The van der Waals surface area contributed by atoms with Crippen molar-refractivity contribution in [3.8, 4) is 0 Å². The molecule has 0 aliphatic carbocycles. The fourth-order valence-corrected chi connectivity index (χ4v) is 2.25. The maximum absolute atomic E-state index is 5.53. The molecule has 5 nitrogen and oxygen atoms in total. The Morgan fingerprint density at radius 2 is 2.06 bits per heavy atom. The van der Waals surface area contributed by atoms with Crippen molar-refractivity contribution in [2.24, 2.45) is 16.8 Å². The molecule has 1 rings (SSSR count). The van der Waals surface area contributed by atoms with Crippen molar-refractivity contribution in [2.45, 2.75) is 32.9 Å². The Morgan fingerprint density at radius 1 is 1.44 bits per heavy atom. The zero-order chi connectivity index (χ0) is 12.3. The highest BCUT2D eigenvalue weighted by atomic mass is 15.4. The van der Waals surface area contributed by atoms with Crippen LogP contribution in [0.5, 0.6) is 0 Å². The number of guanidine groups is 1. The summed E-state index contributed by atoms with van der Waals surface area (Å²) in [6.07, 6.45) is 0. The van der Waals surface area contributed by atoms with Gasteiger partial charge >= 0.3 is 0 Å². The largest absolute Gasteiger partial charge is 0.340 e. The minimum atomic E-state index is 0.264. The third-order valence-electron chi connectivity index (χ3n) is 3.05. The Hall–Kier alpha value is -0.810. The van der Waals surface area contributed by atoms with Crippen molar-refractivity contribution in [3.63, 3.8) is 0 Å². The topological polar surface area (TPSA) is 56.9 Å². The number of nitrogens with one attached hydrogen (secondary N) is 1. The molecule has 1 aliphatic rings. The SMILES string of the molecule is CC(C)N=C(NN)N1CC(C)C(N(C)C)C1. The zero-order valence-corrected chi connectivity index (χ0v) is 11.1. The van der Waals surface area contributed by atoms with Crippen molar-refractivity contribution in [1.29, 1.82) is 0 Å². The smallest absolute Gasteiger partial charge is 0.208 e. The molecule has 0 bridgehead atoms. The first-order valence-electron chi connectivity index (χ1n) is 5.91. The Balaban J connectivity index is 2.69. The lowest BCUT2D eigenvalue weighted by atomic mass is 10.1. The Bertz CT molecular complexity index is 249. The van der Waals surface area contributed by atoms with Gasteiger partial charge in [0.05, 0.1) is 0 Å². The summed E-state index contributed by atoms with van der Waals surface area (Å²) in [4.78, 5) is 9.00. The second kappa shape index (κ2) is 5.50. The molecule has 1 saturated heterocycles. The summed E-state index contributed by atoms with van der Waals surface area (Å²) in [7, 11) is 4.25. The predicted octanol–water partition coefficient (Wildman–Crippen LogP) is 0.0960. The maximum Gasteiger partial charge on any atom is 0.208 e. The first-order chi connectivity index (χ1) is 7.45. The van der Waals surface area contributed by atoms with Crippen LogP contribution >= 0.6 is 0 Å². The molecule has 0 amide bonds. The van der Waals surface area contributed by atoms with E-state index >= 15 is 0 Å². The van der Waals surface area contributed by atoms with Gasteiger partial charge in [0.15, 0.2) is 0 Å². The molecule has 0 aromatic heterocycles. The average molecular weight is 227 g/mol. The van der Waals surface area contributed by atoms with Gasteiger partial charge in [0.25, 0.3) is 0 Å². The number of hydrazine groups is 1. The van der Waals surface area contributed by atoms with Crippen LogP contribution in [-0.4, -0.2) is 55.0 Å². The Labute approximate surface area is 98.7 Å². The lowest BCUT2D eigenvalue weighted by Crippen LogP contribution is -2.45. The van der Waals surface area contributed by atoms with E-state index in [1.165, 1.54) is 0 Å². The normalized spacial score (nSPS) is 27.0. The van der Waals surface area contributed by atoms with Crippen LogP contribution in [0, 0.1) is 5.92 Å². The minimum absolute atomic E-state index is 0.264. The highest BCUT2D eigenvalue weighted by molar-refractivity contribution is 5.79. The monoisotopic (exact) mass is 227 g/mol. The van der Waals surface area contributed by atoms with Gasteiger partial charge in [-0.3, -0.25) is 5.43 Å². The molecule has 0 saturated carbocycles. The third-order valence-corrected chi connectivity index (χ3v) is 3.05. The van der Waals surface area contributed by atoms with Crippen LogP contribution < -0.4 is 11.3 Å². The molecule has 2 unspecified atom stereocenters. The lowest BCUT2D eigenvalue weighted by Gasteiger charge is -2.23. The fourth-order valence-electron chi connectivity index (χ4n) is 2.25. The van der Waals surface area contributed by atoms with Gasteiger partial charge in [-0.2, -0.15) is 0 Å². The summed E-state index contributed by atoms with van der Waals surface area (Å²) in [5, 5.41) is 0. The lowest BCUT2D eigenvalue weighted by molar-refractivity contribution is 0.262. The van der Waals surface area contributed by atoms with E-state index < -0.39 is 0 Å². The third kappa shape index (κ3) is 3.09. The van der Waals surface area contributed by atoms with Gasteiger partial charge in [-0.05, 0) is 33.9 Å². The zero-order valence-electron chi connectivity index (χ0n) is 11.1. The van der Waals surface area contributed by atoms with Crippen LogP contribution in [0.4, 0.5) is 0 Å². The Morgan fingerprint density at radius 3 is 2.44 bits per heavy atom. The van der Waals surface area contributed by atoms with Crippen LogP contribution in [0.3, 0.4) is 0 Å². The van der Waals surface area contributed by atoms with Crippen molar-refractivity contribution < 1.29 is 0 Å². The summed E-state index contributed by atoms with van der Waals surface area (Å²) in [5.41, 5.74) is 2.71. The van der Waals surface area contributed by atoms with Gasteiger partial charge in [0.2, 0.25) is 5.96 Å². The standard InChI is InChI=1S/C11H25N5/c1-8(2)13-11(14-12)16-6-9(3)10(7-16)15(4)5/h8-10H,6-7,12H2,1-5H3,(H,13,14). The van der Waals surface area contributed by atoms with Crippen molar-refractivity contribution >= 4 is 5.96 Å². The van der Waals surface area contributed by atoms with Gasteiger partial charge in [-0.1, -0.05) is 6.92 Å². The quantitative estimate of drug-likeness (QED) is 0.304. The van der Waals surface area contributed by atoms with Crippen LogP contribution in [0.25, 0.3) is 0 Å². The number of likely N-dealkylation sites (tertiary alicyclic amines) is 1. The number of rotatable bonds is 2. The summed E-state index contributed by atoms with van der Waals surface area (Å²) in [5.74, 6) is 6.98. The maximum atomic E-state index is 5.53. The van der Waals surface area contributed by atoms with E-state index in [0.717, 1.165) is 19.0 Å². The number of nitrogens with two attached hydrogens (primary N) is 1. The molecule has 1 aliphatic heterocycles. The summed E-state index contributed by atoms with van der Waals surface area (Å²) in [6.45, 7) is 8.39. The fraction of sp³-hybridized carbons (Fsp3) is 0.909. The molecule has 5 heteroatoms. The molecule has 3 N–H and O–H groups in total. The van der Waals surface area contributed by atoms with Crippen LogP contribution in [0.1, 0.15) is 20.8 Å². The predicted molar refractivity (Wildman–Crippen MR) is 68.1 cm³/mol. The van der Waals surface area contributed by atoms with Gasteiger partial charge in [-0.25, -0.2) is 10.8 Å². The molecule has 1 fully saturated rings. The van der Waals surface area contributed by atoms with Gasteiger partial charge < -0.3 is 9.80 Å². The summed E-state index contributed by atoms with van der Waals surface area (Å²) < 4.78 is 0. The van der Waals surface area contributed by atoms with E-state index in [1.807, 2.05) is 0 Å². The van der Waals surface area contributed by atoms with E-state index in [9.17, 15) is 0 Å². The number of likely N-dealkylation sites (N-methyl/N-ethyl adjacent to an activating group) is 1. The molecular weight excluding hydrogens is 202 g/mol. The molecule has 94 valence electrons. The average Bonchev–Trinajstić information content (AvgIpc) is 2.56. The number of aliphatic imine (C=N–C) groups is 1. The second-order valence-electron chi connectivity index (χ2n) is 5.10. The van der Waals surface area contributed by atoms with Crippen molar-refractivity contribution in [3.05, 3.63) is 0 Å². The van der Waals surface area contributed by atoms with E-state index in [0.29, 0.717) is 12.0 Å². The number of nitrogens with zero attached hydrogens (tertiary/aromatic N) is 3. The van der Waals surface area contributed by atoms with Crippen LogP contribution in [0.2, 0.25) is 0 Å². The minimum Gasteiger partial charge on any atom is -0.340 e. The number of hydrogen-bond donors (Lipinski definition) is 2. The van der Waals surface area contributed by atoms with Gasteiger partial charge in [0, 0.05) is 25.2 Å². The first-order valence-corrected chi connectivity index (χ1v) is 5.91. The van der Waals surface area contributed by atoms with Crippen LogP contribution in [0.15, 0.2) is 4.99 Å². The molecule has 0 radical (unpaired) electrons. The molecule has 1 heterocycles. The van der Waals surface area contributed by atoms with Gasteiger partial charge in [0.1, 0.15) is 0 Å². The summed E-state index contributed by atoms with van der Waals surface area (Å²) >= 11 is 0. The molecule has 0 aromatic carbocycles. The van der Waals surface area contributed by atoms with Crippen molar-refractivity contribution in [2.75, 3.05) is 27.2 Å². The molecule has 0 spiro atoms. The highest BCUT2D eigenvalue weighted by Gasteiger charge is 2.32. The molecular formula is C11H25N5.